The van der Waals surface area contributed by atoms with Gasteiger partial charge in [-0.05, 0) is 13.0 Å². The van der Waals surface area contributed by atoms with Crippen molar-refractivity contribution in [2.24, 2.45) is 0 Å². The van der Waals surface area contributed by atoms with Crippen molar-refractivity contribution >= 4 is 10.1 Å². The van der Waals surface area contributed by atoms with Gasteiger partial charge in [-0.1, -0.05) is 18.2 Å². The maximum Gasteiger partial charge on any atom is 0.264 e. The molecule has 0 radical (unpaired) electrons. The Bertz CT molecular complexity index is 411. The SMILES string of the molecule is CCOc1ccccc1COS(C)(=O)=O. The lowest BCUT2D eigenvalue weighted by molar-refractivity contribution is 0.291. The molecule has 0 spiro atoms. The van der Waals surface area contributed by atoms with Gasteiger partial charge in [-0.2, -0.15) is 8.42 Å². The van der Waals surface area contributed by atoms with E-state index in [1.807, 2.05) is 19.1 Å². The van der Waals surface area contributed by atoms with Crippen LogP contribution in [0, 0.1) is 0 Å². The van der Waals surface area contributed by atoms with Crippen molar-refractivity contribution in [3.63, 3.8) is 0 Å². The molecule has 0 saturated heterocycles. The Labute approximate surface area is 90.0 Å². The van der Waals surface area contributed by atoms with E-state index in [2.05, 4.69) is 0 Å². The molecule has 0 aliphatic carbocycles. The van der Waals surface area contributed by atoms with E-state index >= 15 is 0 Å². The van der Waals surface area contributed by atoms with E-state index < -0.39 is 10.1 Å². The van der Waals surface area contributed by atoms with Crippen molar-refractivity contribution in [3.8, 4) is 5.75 Å². The van der Waals surface area contributed by atoms with Gasteiger partial charge < -0.3 is 4.74 Å². The Hall–Kier alpha value is -1.07. The summed E-state index contributed by atoms with van der Waals surface area (Å²) >= 11 is 0. The van der Waals surface area contributed by atoms with E-state index in [9.17, 15) is 8.42 Å². The number of rotatable bonds is 5. The molecule has 0 unspecified atom stereocenters. The average molecular weight is 230 g/mol. The molecule has 0 atom stereocenters. The van der Waals surface area contributed by atoms with Gasteiger partial charge in [-0.3, -0.25) is 4.18 Å². The lowest BCUT2D eigenvalue weighted by Gasteiger charge is -2.09. The second-order valence-corrected chi connectivity index (χ2v) is 4.65. The summed E-state index contributed by atoms with van der Waals surface area (Å²) in [6, 6.07) is 7.19. The molecule has 0 heterocycles. The molecule has 0 aromatic heterocycles. The van der Waals surface area contributed by atoms with Crippen molar-refractivity contribution in [1.82, 2.24) is 0 Å². The third-order valence-electron chi connectivity index (χ3n) is 1.70. The van der Waals surface area contributed by atoms with E-state index in [1.54, 1.807) is 12.1 Å². The molecule has 15 heavy (non-hydrogen) atoms. The van der Waals surface area contributed by atoms with Gasteiger partial charge >= 0.3 is 0 Å². The highest BCUT2D eigenvalue weighted by Crippen LogP contribution is 2.19. The molecular formula is C10H14O4S. The van der Waals surface area contributed by atoms with Gasteiger partial charge in [0.05, 0.1) is 19.5 Å². The van der Waals surface area contributed by atoms with Crippen LogP contribution < -0.4 is 4.74 Å². The number of para-hydroxylation sites is 1. The van der Waals surface area contributed by atoms with Crippen LogP contribution in [0.3, 0.4) is 0 Å². The molecule has 0 bridgehead atoms. The Morgan fingerprint density at radius 1 is 1.27 bits per heavy atom. The number of hydrogen-bond acceptors (Lipinski definition) is 4. The average Bonchev–Trinajstić information content (AvgIpc) is 2.16. The van der Waals surface area contributed by atoms with Crippen LogP contribution in [0.25, 0.3) is 0 Å². The van der Waals surface area contributed by atoms with Crippen molar-refractivity contribution in [2.45, 2.75) is 13.5 Å². The third kappa shape index (κ3) is 4.31. The Kier molecular flexibility index (Phi) is 4.11. The fourth-order valence-electron chi connectivity index (χ4n) is 1.09. The molecule has 0 aliphatic heterocycles. The van der Waals surface area contributed by atoms with Crippen LogP contribution in [0.1, 0.15) is 12.5 Å². The standard InChI is InChI=1S/C10H14O4S/c1-3-13-10-7-5-4-6-9(10)8-14-15(2,11)12/h4-7H,3,8H2,1-2H3. The fourth-order valence-corrected chi connectivity index (χ4v) is 1.43. The highest BCUT2D eigenvalue weighted by molar-refractivity contribution is 7.85. The minimum Gasteiger partial charge on any atom is -0.494 e. The van der Waals surface area contributed by atoms with Crippen LogP contribution in [-0.4, -0.2) is 21.3 Å². The molecule has 0 saturated carbocycles. The number of hydrogen-bond donors (Lipinski definition) is 0. The summed E-state index contributed by atoms with van der Waals surface area (Å²) in [7, 11) is -3.41. The van der Waals surface area contributed by atoms with Crippen LogP contribution in [0.15, 0.2) is 24.3 Å². The van der Waals surface area contributed by atoms with Crippen LogP contribution in [0.5, 0.6) is 5.75 Å². The topological polar surface area (TPSA) is 52.6 Å². The van der Waals surface area contributed by atoms with Gasteiger partial charge in [-0.15, -0.1) is 0 Å². The molecule has 4 nitrogen and oxygen atoms in total. The zero-order chi connectivity index (χ0) is 11.3. The Morgan fingerprint density at radius 3 is 2.53 bits per heavy atom. The van der Waals surface area contributed by atoms with Crippen LogP contribution in [0.2, 0.25) is 0 Å². The van der Waals surface area contributed by atoms with E-state index in [1.165, 1.54) is 0 Å². The van der Waals surface area contributed by atoms with Crippen molar-refractivity contribution < 1.29 is 17.3 Å². The molecular weight excluding hydrogens is 216 g/mol. The van der Waals surface area contributed by atoms with E-state index in [0.717, 1.165) is 11.8 Å². The molecule has 1 aromatic carbocycles. The van der Waals surface area contributed by atoms with Crippen LogP contribution in [0.4, 0.5) is 0 Å². The maximum atomic E-state index is 10.8. The molecule has 84 valence electrons. The molecule has 1 rings (SSSR count). The van der Waals surface area contributed by atoms with Gasteiger partial charge in [0.25, 0.3) is 10.1 Å². The summed E-state index contributed by atoms with van der Waals surface area (Å²) in [5.41, 5.74) is 0.727. The van der Waals surface area contributed by atoms with E-state index in [-0.39, 0.29) is 6.61 Å². The molecule has 0 N–H and O–H groups in total. The summed E-state index contributed by atoms with van der Waals surface area (Å²) in [5.74, 6) is 0.656. The van der Waals surface area contributed by atoms with Gasteiger partial charge in [0, 0.05) is 5.56 Å². The molecule has 5 heteroatoms. The third-order valence-corrected chi connectivity index (χ3v) is 2.25. The second kappa shape index (κ2) is 5.14. The lowest BCUT2D eigenvalue weighted by atomic mass is 10.2. The monoisotopic (exact) mass is 230 g/mol. The van der Waals surface area contributed by atoms with Crippen molar-refractivity contribution in [2.75, 3.05) is 12.9 Å². The zero-order valence-corrected chi connectivity index (χ0v) is 9.58. The maximum absolute atomic E-state index is 10.8. The Morgan fingerprint density at radius 2 is 1.93 bits per heavy atom. The highest BCUT2D eigenvalue weighted by atomic mass is 32.2. The lowest BCUT2D eigenvalue weighted by Crippen LogP contribution is -2.04. The molecule has 0 aliphatic rings. The van der Waals surface area contributed by atoms with Crippen molar-refractivity contribution in [1.29, 1.82) is 0 Å². The quantitative estimate of drug-likeness (QED) is 0.720. The number of ether oxygens (including phenoxy) is 1. The molecule has 0 fully saturated rings. The molecule has 0 amide bonds. The second-order valence-electron chi connectivity index (χ2n) is 3.01. The minimum atomic E-state index is -3.41. The molecule has 1 aromatic rings. The Balaban J connectivity index is 2.75. The van der Waals surface area contributed by atoms with E-state index in [4.69, 9.17) is 8.92 Å². The first-order chi connectivity index (χ1) is 7.03. The smallest absolute Gasteiger partial charge is 0.264 e. The van der Waals surface area contributed by atoms with Gasteiger partial charge in [0.1, 0.15) is 5.75 Å². The van der Waals surface area contributed by atoms with Gasteiger partial charge in [0.2, 0.25) is 0 Å². The van der Waals surface area contributed by atoms with Crippen LogP contribution in [-0.2, 0) is 20.9 Å². The summed E-state index contributed by atoms with van der Waals surface area (Å²) in [5, 5.41) is 0. The first kappa shape index (κ1) is 12.0. The summed E-state index contributed by atoms with van der Waals surface area (Å²) in [4.78, 5) is 0. The van der Waals surface area contributed by atoms with Crippen molar-refractivity contribution in [3.05, 3.63) is 29.8 Å². The predicted molar refractivity (Wildman–Crippen MR) is 57.2 cm³/mol. The summed E-state index contributed by atoms with van der Waals surface area (Å²) < 4.78 is 31.6. The summed E-state index contributed by atoms with van der Waals surface area (Å²) in [6.07, 6.45) is 1.02. The van der Waals surface area contributed by atoms with Gasteiger partial charge in [-0.25, -0.2) is 0 Å². The zero-order valence-electron chi connectivity index (χ0n) is 8.76. The highest BCUT2D eigenvalue weighted by Gasteiger charge is 2.06. The van der Waals surface area contributed by atoms with E-state index in [0.29, 0.717) is 12.4 Å². The fraction of sp³-hybridized carbons (Fsp3) is 0.400. The largest absolute Gasteiger partial charge is 0.494 e. The summed E-state index contributed by atoms with van der Waals surface area (Å²) in [6.45, 7) is 2.42. The van der Waals surface area contributed by atoms with Gasteiger partial charge in [0.15, 0.2) is 0 Å². The normalized spacial score (nSPS) is 11.3. The van der Waals surface area contributed by atoms with Crippen LogP contribution >= 0.6 is 0 Å². The number of benzene rings is 1. The first-order valence-electron chi connectivity index (χ1n) is 4.58. The predicted octanol–water partition coefficient (Wildman–Crippen LogP) is 1.56. The minimum absolute atomic E-state index is 0.00894. The first-order valence-corrected chi connectivity index (χ1v) is 6.39.